The maximum Gasteiger partial charge on any atom is 0.255 e. The van der Waals surface area contributed by atoms with Crippen molar-refractivity contribution in [1.29, 1.82) is 0 Å². The van der Waals surface area contributed by atoms with Crippen molar-refractivity contribution in [3.05, 3.63) is 59.5 Å². The van der Waals surface area contributed by atoms with Gasteiger partial charge in [-0.3, -0.25) is 4.79 Å². The van der Waals surface area contributed by atoms with Gasteiger partial charge in [-0.05, 0) is 25.5 Å². The third-order valence-electron chi connectivity index (χ3n) is 3.17. The van der Waals surface area contributed by atoms with E-state index in [4.69, 9.17) is 4.42 Å². The summed E-state index contributed by atoms with van der Waals surface area (Å²) in [6.07, 6.45) is 1.53. The molecule has 3 nitrogen and oxygen atoms in total. The molecule has 0 spiro atoms. The Morgan fingerprint density at radius 2 is 2.00 bits per heavy atom. The summed E-state index contributed by atoms with van der Waals surface area (Å²) >= 11 is 3.48. The lowest BCUT2D eigenvalue weighted by Crippen LogP contribution is -2.45. The van der Waals surface area contributed by atoms with Crippen molar-refractivity contribution in [3.63, 3.8) is 0 Å². The summed E-state index contributed by atoms with van der Waals surface area (Å²) in [5, 5.41) is 3.69. The van der Waals surface area contributed by atoms with Gasteiger partial charge in [-0.2, -0.15) is 0 Å². The van der Waals surface area contributed by atoms with E-state index in [9.17, 15) is 4.79 Å². The van der Waals surface area contributed by atoms with Crippen LogP contribution in [0.2, 0.25) is 0 Å². The zero-order valence-corrected chi connectivity index (χ0v) is 12.5. The Labute approximate surface area is 121 Å². The maximum absolute atomic E-state index is 12.3. The fourth-order valence-electron chi connectivity index (χ4n) is 1.93. The number of carbonyl (C=O) groups excluding carboxylic acids is 1. The summed E-state index contributed by atoms with van der Waals surface area (Å²) in [5.74, 6) is 0.500. The molecule has 0 saturated heterocycles. The Hall–Kier alpha value is -1.55. The molecule has 4 heteroatoms. The number of aryl methyl sites for hydroxylation is 1. The number of hydrogen-bond acceptors (Lipinski definition) is 2. The Bertz CT molecular complexity index is 565. The van der Waals surface area contributed by atoms with Crippen LogP contribution in [0.3, 0.4) is 0 Å². The SMILES string of the molecule is Cc1occc1C(=O)NC(C)(CBr)c1ccccc1. The topological polar surface area (TPSA) is 42.2 Å². The van der Waals surface area contributed by atoms with Crippen molar-refractivity contribution in [2.75, 3.05) is 5.33 Å². The molecule has 1 heterocycles. The number of halogens is 1. The monoisotopic (exact) mass is 321 g/mol. The lowest BCUT2D eigenvalue weighted by atomic mass is 9.94. The Kier molecular flexibility index (Phi) is 4.10. The number of nitrogens with one attached hydrogen (secondary N) is 1. The van der Waals surface area contributed by atoms with Gasteiger partial charge in [-0.1, -0.05) is 46.3 Å². The highest BCUT2D eigenvalue weighted by Crippen LogP contribution is 2.24. The van der Waals surface area contributed by atoms with E-state index < -0.39 is 5.54 Å². The molecule has 0 aliphatic heterocycles. The number of furan rings is 1. The Morgan fingerprint density at radius 1 is 1.32 bits per heavy atom. The smallest absolute Gasteiger partial charge is 0.255 e. The first-order valence-electron chi connectivity index (χ1n) is 6.05. The molecule has 0 aliphatic rings. The van der Waals surface area contributed by atoms with Gasteiger partial charge < -0.3 is 9.73 Å². The molecular formula is C15H16BrNO2. The molecule has 100 valence electrons. The van der Waals surface area contributed by atoms with Gasteiger partial charge in [-0.25, -0.2) is 0 Å². The van der Waals surface area contributed by atoms with Gasteiger partial charge in [0.2, 0.25) is 0 Å². The molecule has 0 bridgehead atoms. The van der Waals surface area contributed by atoms with E-state index in [0.717, 1.165) is 5.56 Å². The van der Waals surface area contributed by atoms with Crippen LogP contribution in [0, 0.1) is 6.92 Å². The quantitative estimate of drug-likeness (QED) is 0.874. The summed E-state index contributed by atoms with van der Waals surface area (Å²) < 4.78 is 5.17. The second kappa shape index (κ2) is 5.61. The summed E-state index contributed by atoms with van der Waals surface area (Å²) in [7, 11) is 0. The van der Waals surface area contributed by atoms with Crippen LogP contribution in [0.4, 0.5) is 0 Å². The lowest BCUT2D eigenvalue weighted by Gasteiger charge is -2.29. The summed E-state index contributed by atoms with van der Waals surface area (Å²) in [6, 6.07) is 11.6. The summed E-state index contributed by atoms with van der Waals surface area (Å²) in [6.45, 7) is 3.77. The molecule has 2 aromatic rings. The molecule has 0 aliphatic carbocycles. The zero-order chi connectivity index (χ0) is 13.9. The van der Waals surface area contributed by atoms with E-state index in [1.807, 2.05) is 37.3 Å². The second-order valence-electron chi connectivity index (χ2n) is 4.68. The number of hydrogen-bond donors (Lipinski definition) is 1. The minimum absolute atomic E-state index is 0.128. The highest BCUT2D eigenvalue weighted by molar-refractivity contribution is 9.09. The molecule has 1 aromatic carbocycles. The molecule has 1 aromatic heterocycles. The number of amides is 1. The van der Waals surface area contributed by atoms with Crippen LogP contribution in [0.15, 0.2) is 47.1 Å². The molecule has 0 saturated carbocycles. The molecule has 1 amide bonds. The highest BCUT2D eigenvalue weighted by atomic mass is 79.9. The van der Waals surface area contributed by atoms with Gasteiger partial charge in [0.25, 0.3) is 5.91 Å². The zero-order valence-electron chi connectivity index (χ0n) is 10.9. The normalized spacial score (nSPS) is 13.8. The van der Waals surface area contributed by atoms with Crippen molar-refractivity contribution in [1.82, 2.24) is 5.32 Å². The number of rotatable bonds is 4. The highest BCUT2D eigenvalue weighted by Gasteiger charge is 2.28. The number of benzene rings is 1. The van der Waals surface area contributed by atoms with Gasteiger partial charge in [0.05, 0.1) is 17.4 Å². The van der Waals surface area contributed by atoms with Crippen LogP contribution in [0.1, 0.15) is 28.6 Å². The fraction of sp³-hybridized carbons (Fsp3) is 0.267. The molecule has 1 N–H and O–H groups in total. The van der Waals surface area contributed by atoms with E-state index in [2.05, 4.69) is 21.2 Å². The van der Waals surface area contributed by atoms with Gasteiger partial charge in [0, 0.05) is 5.33 Å². The number of alkyl halides is 1. The maximum atomic E-state index is 12.3. The molecule has 0 fully saturated rings. The van der Waals surface area contributed by atoms with Crippen LogP contribution in [-0.4, -0.2) is 11.2 Å². The number of carbonyl (C=O) groups is 1. The van der Waals surface area contributed by atoms with Gasteiger partial charge in [-0.15, -0.1) is 0 Å². The predicted octanol–water partition coefficient (Wildman–Crippen LogP) is 3.63. The van der Waals surface area contributed by atoms with Crippen molar-refractivity contribution in [3.8, 4) is 0 Å². The first-order chi connectivity index (χ1) is 9.07. The van der Waals surface area contributed by atoms with E-state index in [1.165, 1.54) is 6.26 Å². The first-order valence-corrected chi connectivity index (χ1v) is 7.17. The van der Waals surface area contributed by atoms with Gasteiger partial charge >= 0.3 is 0 Å². The van der Waals surface area contributed by atoms with Gasteiger partial charge in [0.1, 0.15) is 5.76 Å². The van der Waals surface area contributed by atoms with Crippen molar-refractivity contribution in [2.24, 2.45) is 0 Å². The summed E-state index contributed by atoms with van der Waals surface area (Å²) in [5.41, 5.74) is 1.17. The second-order valence-corrected chi connectivity index (χ2v) is 5.24. The standard InChI is InChI=1S/C15H16BrNO2/c1-11-13(8-9-19-11)14(18)17-15(2,10-16)12-6-4-3-5-7-12/h3-9H,10H2,1-2H3,(H,17,18). The largest absolute Gasteiger partial charge is 0.469 e. The van der Waals surface area contributed by atoms with Crippen molar-refractivity contribution >= 4 is 21.8 Å². The average Bonchev–Trinajstić information content (AvgIpc) is 2.86. The van der Waals surface area contributed by atoms with Crippen LogP contribution >= 0.6 is 15.9 Å². The predicted molar refractivity (Wildman–Crippen MR) is 78.5 cm³/mol. The third-order valence-corrected chi connectivity index (χ3v) is 4.29. The minimum Gasteiger partial charge on any atom is -0.469 e. The van der Waals surface area contributed by atoms with Gasteiger partial charge in [0.15, 0.2) is 0 Å². The van der Waals surface area contributed by atoms with Crippen LogP contribution in [-0.2, 0) is 5.54 Å². The molecule has 1 unspecified atom stereocenters. The minimum atomic E-state index is -0.456. The molecule has 2 rings (SSSR count). The van der Waals surface area contributed by atoms with E-state index in [0.29, 0.717) is 16.7 Å². The average molecular weight is 322 g/mol. The first kappa shape index (κ1) is 13.9. The molecular weight excluding hydrogens is 306 g/mol. The van der Waals surface area contributed by atoms with Crippen LogP contribution < -0.4 is 5.32 Å². The van der Waals surface area contributed by atoms with Crippen molar-refractivity contribution in [2.45, 2.75) is 19.4 Å². The van der Waals surface area contributed by atoms with E-state index >= 15 is 0 Å². The Balaban J connectivity index is 2.25. The molecule has 19 heavy (non-hydrogen) atoms. The van der Waals surface area contributed by atoms with Crippen LogP contribution in [0.5, 0.6) is 0 Å². The van der Waals surface area contributed by atoms with Crippen molar-refractivity contribution < 1.29 is 9.21 Å². The van der Waals surface area contributed by atoms with E-state index in [-0.39, 0.29) is 5.91 Å². The molecule has 0 radical (unpaired) electrons. The Morgan fingerprint density at radius 3 is 2.53 bits per heavy atom. The third kappa shape index (κ3) is 2.89. The fourth-order valence-corrected chi connectivity index (χ4v) is 2.39. The molecule has 1 atom stereocenters. The van der Waals surface area contributed by atoms with Crippen LogP contribution in [0.25, 0.3) is 0 Å². The lowest BCUT2D eigenvalue weighted by molar-refractivity contribution is 0.0912. The summed E-state index contributed by atoms with van der Waals surface area (Å²) in [4.78, 5) is 12.3. The van der Waals surface area contributed by atoms with E-state index in [1.54, 1.807) is 13.0 Å².